The normalized spacial score (nSPS) is 12.7. The Kier molecular flexibility index (Phi) is 4.59. The molecule has 0 saturated carbocycles. The van der Waals surface area contributed by atoms with Gasteiger partial charge in [-0.1, -0.05) is 24.3 Å². The minimum Gasteiger partial charge on any atom is -0.496 e. The van der Waals surface area contributed by atoms with Crippen LogP contribution in [0, 0.1) is 0 Å². The highest BCUT2D eigenvalue weighted by Crippen LogP contribution is 2.38. The van der Waals surface area contributed by atoms with Crippen LogP contribution in [-0.2, 0) is 13.0 Å². The first-order chi connectivity index (χ1) is 13.2. The lowest BCUT2D eigenvalue weighted by Gasteiger charge is -2.22. The van der Waals surface area contributed by atoms with Crippen LogP contribution in [0.1, 0.15) is 11.1 Å². The predicted molar refractivity (Wildman–Crippen MR) is 108 cm³/mol. The van der Waals surface area contributed by atoms with Crippen molar-refractivity contribution < 1.29 is 9.47 Å². The van der Waals surface area contributed by atoms with E-state index in [0.717, 1.165) is 47.8 Å². The number of fused-ring (bicyclic) bond motifs is 1. The van der Waals surface area contributed by atoms with Gasteiger partial charge in [0.15, 0.2) is 0 Å². The minimum atomic E-state index is 0.478. The van der Waals surface area contributed by atoms with E-state index >= 15 is 0 Å². The summed E-state index contributed by atoms with van der Waals surface area (Å²) < 4.78 is 11.4. The van der Waals surface area contributed by atoms with Crippen molar-refractivity contribution in [3.8, 4) is 22.8 Å². The molecule has 0 unspecified atom stereocenters. The molecule has 5 heteroatoms. The van der Waals surface area contributed by atoms with Gasteiger partial charge in [-0.25, -0.2) is 4.98 Å². The zero-order chi connectivity index (χ0) is 18.8. The van der Waals surface area contributed by atoms with Gasteiger partial charge in [0.1, 0.15) is 17.3 Å². The standard InChI is InChI=1S/C22H23N3O2/c1-26-20-13-17(18-7-5-9-22(23)24-18)21(27-2)12-16(20)14-25-11-10-15-6-3-4-8-19(15)25/h3-9,12-13H,10-11,14H2,1-2H3,(H2,23,24). The van der Waals surface area contributed by atoms with E-state index in [9.17, 15) is 0 Å². The third kappa shape index (κ3) is 3.28. The molecule has 0 radical (unpaired) electrons. The molecule has 2 heterocycles. The van der Waals surface area contributed by atoms with Crippen molar-refractivity contribution in [3.05, 3.63) is 65.7 Å². The highest BCUT2D eigenvalue weighted by molar-refractivity contribution is 5.72. The summed E-state index contributed by atoms with van der Waals surface area (Å²) in [5.74, 6) is 2.06. The Balaban J connectivity index is 1.72. The van der Waals surface area contributed by atoms with Gasteiger partial charge < -0.3 is 20.1 Å². The molecule has 5 nitrogen and oxygen atoms in total. The zero-order valence-electron chi connectivity index (χ0n) is 15.6. The van der Waals surface area contributed by atoms with Gasteiger partial charge in [-0.2, -0.15) is 0 Å². The van der Waals surface area contributed by atoms with E-state index in [1.165, 1.54) is 11.3 Å². The first-order valence-corrected chi connectivity index (χ1v) is 9.00. The van der Waals surface area contributed by atoms with E-state index in [-0.39, 0.29) is 0 Å². The number of hydrogen-bond donors (Lipinski definition) is 1. The Morgan fingerprint density at radius 1 is 1.00 bits per heavy atom. The summed E-state index contributed by atoms with van der Waals surface area (Å²) >= 11 is 0. The smallest absolute Gasteiger partial charge is 0.128 e. The van der Waals surface area contributed by atoms with Gasteiger partial charge >= 0.3 is 0 Å². The number of pyridine rings is 1. The lowest BCUT2D eigenvalue weighted by Crippen LogP contribution is -2.20. The summed E-state index contributed by atoms with van der Waals surface area (Å²) in [5, 5.41) is 0. The third-order valence-corrected chi connectivity index (χ3v) is 4.99. The number of ether oxygens (including phenoxy) is 2. The molecule has 0 aliphatic carbocycles. The molecule has 1 aliphatic heterocycles. The number of nitrogen functional groups attached to an aromatic ring is 1. The minimum absolute atomic E-state index is 0.478. The molecule has 2 aromatic carbocycles. The van der Waals surface area contributed by atoms with E-state index in [2.05, 4.69) is 34.1 Å². The largest absolute Gasteiger partial charge is 0.496 e. The number of nitrogens with two attached hydrogens (primary N) is 1. The van der Waals surface area contributed by atoms with Crippen LogP contribution < -0.4 is 20.1 Å². The number of benzene rings is 2. The molecule has 4 rings (SSSR count). The third-order valence-electron chi connectivity index (χ3n) is 4.99. The number of aromatic nitrogens is 1. The second-order valence-electron chi connectivity index (χ2n) is 6.61. The molecule has 0 fully saturated rings. The molecule has 0 saturated heterocycles. The summed E-state index contributed by atoms with van der Waals surface area (Å²) in [4.78, 5) is 6.80. The topological polar surface area (TPSA) is 60.6 Å². The van der Waals surface area contributed by atoms with Crippen LogP contribution in [0.2, 0.25) is 0 Å². The van der Waals surface area contributed by atoms with Gasteiger partial charge in [0.2, 0.25) is 0 Å². The predicted octanol–water partition coefficient (Wildman–Crippen LogP) is 3.91. The second-order valence-corrected chi connectivity index (χ2v) is 6.61. The highest BCUT2D eigenvalue weighted by Gasteiger charge is 2.21. The van der Waals surface area contributed by atoms with Crippen LogP contribution in [0.15, 0.2) is 54.6 Å². The molecule has 27 heavy (non-hydrogen) atoms. The molecule has 0 spiro atoms. The van der Waals surface area contributed by atoms with E-state index < -0.39 is 0 Å². The maximum atomic E-state index is 5.85. The maximum absolute atomic E-state index is 5.85. The van der Waals surface area contributed by atoms with Crippen LogP contribution in [0.4, 0.5) is 11.5 Å². The van der Waals surface area contributed by atoms with Crippen molar-refractivity contribution in [2.24, 2.45) is 0 Å². The van der Waals surface area contributed by atoms with Gasteiger partial charge in [-0.3, -0.25) is 0 Å². The Morgan fingerprint density at radius 3 is 2.59 bits per heavy atom. The molecular formula is C22H23N3O2. The molecule has 0 amide bonds. The second kappa shape index (κ2) is 7.19. The van der Waals surface area contributed by atoms with Crippen LogP contribution in [0.25, 0.3) is 11.3 Å². The van der Waals surface area contributed by atoms with Crippen molar-refractivity contribution >= 4 is 11.5 Å². The van der Waals surface area contributed by atoms with Gasteiger partial charge in [0, 0.05) is 29.9 Å². The number of anilines is 2. The summed E-state index contributed by atoms with van der Waals surface area (Å²) in [6, 6.07) is 18.2. The number of hydrogen-bond acceptors (Lipinski definition) is 5. The van der Waals surface area contributed by atoms with Gasteiger partial charge in [0.25, 0.3) is 0 Å². The number of nitrogens with zero attached hydrogens (tertiary/aromatic N) is 2. The average Bonchev–Trinajstić information content (AvgIpc) is 3.10. The Hall–Kier alpha value is -3.21. The van der Waals surface area contributed by atoms with E-state index in [1.807, 2.05) is 24.3 Å². The van der Waals surface area contributed by atoms with Crippen molar-refractivity contribution in [1.82, 2.24) is 4.98 Å². The number of rotatable bonds is 5. The Bertz CT molecular complexity index is 972. The summed E-state index contributed by atoms with van der Waals surface area (Å²) in [7, 11) is 3.37. The monoisotopic (exact) mass is 361 g/mol. The summed E-state index contributed by atoms with van der Waals surface area (Å²) in [5.41, 5.74) is 11.3. The molecule has 3 aromatic rings. The van der Waals surface area contributed by atoms with E-state index in [1.54, 1.807) is 20.3 Å². The molecule has 1 aromatic heterocycles. The fraction of sp³-hybridized carbons (Fsp3) is 0.227. The maximum Gasteiger partial charge on any atom is 0.128 e. The van der Waals surface area contributed by atoms with Crippen LogP contribution in [0.3, 0.4) is 0 Å². The van der Waals surface area contributed by atoms with Crippen molar-refractivity contribution in [3.63, 3.8) is 0 Å². The quantitative estimate of drug-likeness (QED) is 0.747. The fourth-order valence-corrected chi connectivity index (χ4v) is 3.66. The molecule has 2 N–H and O–H groups in total. The van der Waals surface area contributed by atoms with E-state index in [4.69, 9.17) is 15.2 Å². The van der Waals surface area contributed by atoms with Gasteiger partial charge in [-0.05, 0) is 42.3 Å². The number of methoxy groups -OCH3 is 2. The molecule has 0 atom stereocenters. The Labute approximate surface area is 159 Å². The summed E-state index contributed by atoms with van der Waals surface area (Å²) in [6.45, 7) is 1.77. The number of para-hydroxylation sites is 1. The summed E-state index contributed by atoms with van der Waals surface area (Å²) in [6.07, 6.45) is 1.07. The van der Waals surface area contributed by atoms with Gasteiger partial charge in [0.05, 0.1) is 19.9 Å². The Morgan fingerprint density at radius 2 is 1.81 bits per heavy atom. The average molecular weight is 361 g/mol. The van der Waals surface area contributed by atoms with Crippen molar-refractivity contribution in [2.75, 3.05) is 31.4 Å². The zero-order valence-corrected chi connectivity index (χ0v) is 15.6. The van der Waals surface area contributed by atoms with Crippen LogP contribution in [0.5, 0.6) is 11.5 Å². The molecular weight excluding hydrogens is 338 g/mol. The SMILES string of the molecule is COc1cc(-c2cccc(N)n2)c(OC)cc1CN1CCc2ccccc21. The van der Waals surface area contributed by atoms with E-state index in [0.29, 0.717) is 5.82 Å². The van der Waals surface area contributed by atoms with Crippen molar-refractivity contribution in [2.45, 2.75) is 13.0 Å². The lowest BCUT2D eigenvalue weighted by atomic mass is 10.0. The molecule has 1 aliphatic rings. The van der Waals surface area contributed by atoms with Crippen LogP contribution >= 0.6 is 0 Å². The van der Waals surface area contributed by atoms with Gasteiger partial charge in [-0.15, -0.1) is 0 Å². The fourth-order valence-electron chi connectivity index (χ4n) is 3.66. The first-order valence-electron chi connectivity index (χ1n) is 9.00. The lowest BCUT2D eigenvalue weighted by molar-refractivity contribution is 0.399. The molecule has 0 bridgehead atoms. The highest BCUT2D eigenvalue weighted by atomic mass is 16.5. The first kappa shape index (κ1) is 17.2. The van der Waals surface area contributed by atoms with Crippen LogP contribution in [-0.4, -0.2) is 25.7 Å². The molecule has 138 valence electrons. The van der Waals surface area contributed by atoms with Crippen molar-refractivity contribution in [1.29, 1.82) is 0 Å².